The van der Waals surface area contributed by atoms with Gasteiger partial charge in [-0.25, -0.2) is 4.79 Å². The fraction of sp³-hybridized carbons (Fsp3) is 0. The normalized spacial score (nSPS) is 14.6. The minimum atomic E-state index is -1.29. The van der Waals surface area contributed by atoms with Crippen molar-refractivity contribution in [3.8, 4) is 0 Å². The molecular weight excluding hydrogens is 486 g/mol. The maximum Gasteiger partial charge on any atom is 0.339 e. The van der Waals surface area contributed by atoms with Crippen LogP contribution in [0.4, 0.5) is 29.2 Å². The lowest BCUT2D eigenvalue weighted by Gasteiger charge is -2.11. The predicted molar refractivity (Wildman–Crippen MR) is 142 cm³/mol. The van der Waals surface area contributed by atoms with Crippen LogP contribution in [0, 0.1) is 0 Å². The zero-order chi connectivity index (χ0) is 26.3. The molecule has 11 nitrogen and oxygen atoms in total. The minimum Gasteiger partial charge on any atom is -0.478 e. The van der Waals surface area contributed by atoms with E-state index in [9.17, 15) is 14.7 Å². The largest absolute Gasteiger partial charge is 0.478 e. The molecule has 0 bridgehead atoms. The molecule has 0 unspecified atom stereocenters. The van der Waals surface area contributed by atoms with Crippen LogP contribution < -0.4 is 32.3 Å². The predicted octanol–water partition coefficient (Wildman–Crippen LogP) is 2.61. The van der Waals surface area contributed by atoms with Crippen molar-refractivity contribution in [3.05, 3.63) is 107 Å². The molecule has 0 aliphatic heterocycles. The van der Waals surface area contributed by atoms with E-state index >= 15 is 0 Å². The second-order valence-electron chi connectivity index (χ2n) is 7.92. The highest BCUT2D eigenvalue weighted by atomic mass is 16.4. The Morgan fingerprint density at radius 1 is 0.789 bits per heavy atom. The number of benzene rings is 2. The van der Waals surface area contributed by atoms with Crippen LogP contribution in [0.2, 0.25) is 0 Å². The number of hydrazine groups is 1. The summed E-state index contributed by atoms with van der Waals surface area (Å²) >= 11 is 0. The van der Waals surface area contributed by atoms with Crippen molar-refractivity contribution < 1.29 is 19.1 Å². The van der Waals surface area contributed by atoms with Gasteiger partial charge in [-0.05, 0) is 54.6 Å². The zero-order valence-electron chi connectivity index (χ0n) is 19.8. The number of carbonyl (C=O) groups is 2. The first-order chi connectivity index (χ1) is 18.5. The van der Waals surface area contributed by atoms with Gasteiger partial charge in [-0.1, -0.05) is 36.4 Å². The average Bonchev–Trinajstić information content (AvgIpc) is 3.39. The Hall–Kier alpha value is -5.71. The van der Waals surface area contributed by atoms with Gasteiger partial charge in [0.05, 0.1) is 6.20 Å². The van der Waals surface area contributed by atoms with E-state index in [2.05, 4.69) is 36.4 Å². The number of para-hydroxylation sites is 2. The van der Waals surface area contributed by atoms with Crippen molar-refractivity contribution in [2.45, 2.75) is 0 Å². The molecule has 1 aliphatic carbocycles. The smallest absolute Gasteiger partial charge is 0.339 e. The van der Waals surface area contributed by atoms with Crippen molar-refractivity contribution in [2.24, 2.45) is 0 Å². The monoisotopic (exact) mass is 507 g/mol. The van der Waals surface area contributed by atoms with Crippen LogP contribution in [0.25, 0.3) is 11.8 Å². The van der Waals surface area contributed by atoms with Crippen LogP contribution >= 0.6 is 0 Å². The van der Waals surface area contributed by atoms with E-state index in [1.54, 1.807) is 18.3 Å². The number of rotatable bonds is 8. The van der Waals surface area contributed by atoms with Gasteiger partial charge < -0.3 is 25.6 Å². The van der Waals surface area contributed by atoms with Crippen LogP contribution in [-0.2, 0) is 9.59 Å². The fourth-order valence-corrected chi connectivity index (χ4v) is 3.45. The third-order valence-electron chi connectivity index (χ3n) is 5.21. The van der Waals surface area contributed by atoms with Gasteiger partial charge in [-0.15, -0.1) is 0 Å². The van der Waals surface area contributed by atoms with E-state index in [4.69, 9.17) is 4.42 Å². The summed E-state index contributed by atoms with van der Waals surface area (Å²) in [4.78, 5) is 36.2. The van der Waals surface area contributed by atoms with Gasteiger partial charge in [-0.3, -0.25) is 10.2 Å². The third kappa shape index (κ3) is 5.91. The topological polar surface area (TPSA) is 154 Å². The Labute approximate surface area is 215 Å². The Morgan fingerprint density at radius 2 is 1.39 bits per heavy atom. The molecule has 1 aliphatic rings. The lowest BCUT2D eigenvalue weighted by molar-refractivity contribution is -0.134. The number of anilines is 5. The summed E-state index contributed by atoms with van der Waals surface area (Å²) in [6.45, 7) is 0. The second-order valence-corrected chi connectivity index (χ2v) is 7.92. The summed E-state index contributed by atoms with van der Waals surface area (Å²) in [5.41, 5.74) is 8.41. The Morgan fingerprint density at radius 3 is 2.00 bits per heavy atom. The Kier molecular flexibility index (Phi) is 6.89. The lowest BCUT2D eigenvalue weighted by Crippen LogP contribution is -2.21. The van der Waals surface area contributed by atoms with Crippen molar-refractivity contribution in [3.63, 3.8) is 0 Å². The molecule has 0 saturated carbocycles. The van der Waals surface area contributed by atoms with Gasteiger partial charge in [0.1, 0.15) is 16.4 Å². The summed E-state index contributed by atoms with van der Waals surface area (Å²) < 4.78 is 5.76. The average molecular weight is 508 g/mol. The molecule has 0 fully saturated rings. The highest BCUT2D eigenvalue weighted by Gasteiger charge is 2.18. The summed E-state index contributed by atoms with van der Waals surface area (Å²) in [6, 6.07) is 22.4. The molecular formula is C27H21N7O4. The van der Waals surface area contributed by atoms with Gasteiger partial charge in [0, 0.05) is 16.9 Å². The summed E-state index contributed by atoms with van der Waals surface area (Å²) in [5, 5.41) is 15.5. The van der Waals surface area contributed by atoms with Crippen LogP contribution in [-0.4, -0.2) is 31.8 Å². The number of carboxylic acid groups (broad SMARTS) is 1. The van der Waals surface area contributed by atoms with Crippen LogP contribution in [0.1, 0.15) is 0 Å². The summed E-state index contributed by atoms with van der Waals surface area (Å²) in [6.07, 6.45) is 5.54. The number of carboxylic acids is 1. The number of hydrogen-bond donors (Lipinski definition) is 5. The molecule has 38 heavy (non-hydrogen) atoms. The molecule has 188 valence electrons. The van der Waals surface area contributed by atoms with E-state index < -0.39 is 11.8 Å². The molecule has 2 aromatic heterocycles. The molecule has 0 saturated heterocycles. The van der Waals surface area contributed by atoms with Crippen LogP contribution in [0.15, 0.2) is 101 Å². The molecule has 5 N–H and O–H groups in total. The number of carbonyl (C=O) groups excluding carboxylic acids is 1. The molecule has 0 radical (unpaired) electrons. The first kappa shape index (κ1) is 24.0. The lowest BCUT2D eigenvalue weighted by atomic mass is 10.0. The van der Waals surface area contributed by atoms with Crippen molar-refractivity contribution >= 4 is 52.7 Å². The Balaban J connectivity index is 1.36. The van der Waals surface area contributed by atoms with E-state index in [1.807, 2.05) is 60.7 Å². The van der Waals surface area contributed by atoms with Crippen LogP contribution in [0.3, 0.4) is 0 Å². The van der Waals surface area contributed by atoms with Gasteiger partial charge in [-0.2, -0.15) is 15.0 Å². The van der Waals surface area contributed by atoms with Gasteiger partial charge in [0.25, 0.3) is 0 Å². The SMILES string of the molecule is O=C(O)C1=CC(=c2ccc(=CNNc3nc(Nc4ccccc4)nc(Nc4ccccc4)n3)o2)C=CC1=O. The molecule has 11 heteroatoms. The number of aromatic nitrogens is 3. The number of allylic oxidation sites excluding steroid dienone is 3. The molecule has 0 amide bonds. The first-order valence-electron chi connectivity index (χ1n) is 11.4. The first-order valence-corrected chi connectivity index (χ1v) is 11.4. The number of hydrogen-bond acceptors (Lipinski definition) is 10. The highest BCUT2D eigenvalue weighted by molar-refractivity contribution is 6.24. The summed E-state index contributed by atoms with van der Waals surface area (Å²) in [5.74, 6) is -0.974. The Bertz CT molecular complexity index is 1600. The standard InChI is InChI=1S/C27H21N7O4/c35-22-13-11-17(15-21(22)24(36)37)23-14-12-20(38-23)16-28-34-27-32-25(29-18-7-3-1-4-8-18)31-26(33-27)30-19-9-5-2-6-10-19/h1-16,28H,(H,36,37)(H3,29,30,31,32,33,34). The summed E-state index contributed by atoms with van der Waals surface area (Å²) in [7, 11) is 0. The molecule has 5 rings (SSSR count). The van der Waals surface area contributed by atoms with Gasteiger partial charge in [0.15, 0.2) is 5.78 Å². The highest BCUT2D eigenvalue weighted by Crippen LogP contribution is 2.18. The van der Waals surface area contributed by atoms with Crippen molar-refractivity contribution in [2.75, 3.05) is 16.1 Å². The zero-order valence-corrected chi connectivity index (χ0v) is 19.8. The molecule has 0 spiro atoms. The van der Waals surface area contributed by atoms with Gasteiger partial charge >= 0.3 is 5.97 Å². The number of aliphatic carboxylic acids is 1. The number of nitrogens with zero attached hydrogens (tertiary/aromatic N) is 3. The van der Waals surface area contributed by atoms with E-state index in [0.717, 1.165) is 11.4 Å². The maximum absolute atomic E-state index is 11.7. The second kappa shape index (κ2) is 10.9. The molecule has 4 aromatic rings. The third-order valence-corrected chi connectivity index (χ3v) is 5.21. The molecule has 0 atom stereocenters. The van der Waals surface area contributed by atoms with E-state index in [-0.39, 0.29) is 11.5 Å². The quantitative estimate of drug-likeness (QED) is 0.177. The number of ketones is 1. The number of furan rings is 1. The van der Waals surface area contributed by atoms with E-state index in [0.29, 0.717) is 28.3 Å². The van der Waals surface area contributed by atoms with Crippen molar-refractivity contribution in [1.29, 1.82) is 0 Å². The molecule has 2 aromatic carbocycles. The van der Waals surface area contributed by atoms with Crippen molar-refractivity contribution in [1.82, 2.24) is 20.4 Å². The molecule has 2 heterocycles. The van der Waals surface area contributed by atoms with Gasteiger partial charge in [0.2, 0.25) is 17.8 Å². The fourth-order valence-electron chi connectivity index (χ4n) is 3.45. The maximum atomic E-state index is 11.7. The minimum absolute atomic E-state index is 0.233. The number of nitrogens with one attached hydrogen (secondary N) is 4. The van der Waals surface area contributed by atoms with E-state index in [1.165, 1.54) is 18.2 Å². The van der Waals surface area contributed by atoms with Crippen LogP contribution in [0.5, 0.6) is 0 Å².